The molecule has 0 bridgehead atoms. The Labute approximate surface area is 62.4 Å². The van der Waals surface area contributed by atoms with Crippen LogP contribution in [0.5, 0.6) is 0 Å². The van der Waals surface area contributed by atoms with Crippen LogP contribution in [0.2, 0.25) is 0 Å². The third-order valence-corrected chi connectivity index (χ3v) is 2.45. The Kier molecular flexibility index (Phi) is 1.91. The Morgan fingerprint density at radius 3 is 2.90 bits per heavy atom. The van der Waals surface area contributed by atoms with Crippen LogP contribution in [0.15, 0.2) is 0 Å². The molecule has 2 heteroatoms. The second kappa shape index (κ2) is 2.89. The predicted molar refractivity (Wildman–Crippen MR) is 41.1 cm³/mol. The van der Waals surface area contributed by atoms with E-state index in [0.29, 0.717) is 0 Å². The summed E-state index contributed by atoms with van der Waals surface area (Å²) in [5.41, 5.74) is 0. The topological polar surface area (TPSA) is 24.1 Å². The van der Waals surface area contributed by atoms with Crippen LogP contribution in [-0.4, -0.2) is 19.6 Å². The summed E-state index contributed by atoms with van der Waals surface area (Å²) < 4.78 is 0. The third-order valence-electron chi connectivity index (χ3n) is 2.45. The van der Waals surface area contributed by atoms with Crippen molar-refractivity contribution in [3.8, 4) is 0 Å². The smallest absolute Gasteiger partial charge is 0.0255 e. The van der Waals surface area contributed by atoms with Crippen LogP contribution in [0.3, 0.4) is 0 Å². The molecule has 0 saturated carbocycles. The Balaban J connectivity index is 1.85. The molecule has 2 aliphatic rings. The van der Waals surface area contributed by atoms with E-state index < -0.39 is 0 Å². The molecule has 0 aromatic rings. The van der Waals surface area contributed by atoms with Gasteiger partial charge in [-0.1, -0.05) is 0 Å². The van der Waals surface area contributed by atoms with Crippen LogP contribution in [0.1, 0.15) is 6.42 Å². The zero-order chi connectivity index (χ0) is 6.81. The summed E-state index contributed by atoms with van der Waals surface area (Å²) in [6, 6.07) is 0. The lowest BCUT2D eigenvalue weighted by Crippen LogP contribution is -2.16. The van der Waals surface area contributed by atoms with E-state index in [4.69, 9.17) is 0 Å². The molecule has 0 spiro atoms. The molecule has 56 valence electrons. The first-order chi connectivity index (χ1) is 4.97. The van der Waals surface area contributed by atoms with Gasteiger partial charge in [-0.05, 0) is 44.3 Å². The summed E-state index contributed by atoms with van der Waals surface area (Å²) in [4.78, 5) is 0. The van der Waals surface area contributed by atoms with Crippen LogP contribution >= 0.6 is 0 Å². The van der Waals surface area contributed by atoms with Gasteiger partial charge in [0.2, 0.25) is 0 Å². The molecule has 2 aliphatic heterocycles. The van der Waals surface area contributed by atoms with Crippen LogP contribution in [0.4, 0.5) is 0 Å². The molecule has 2 saturated heterocycles. The number of hydrogen-bond donors (Lipinski definition) is 2. The standard InChI is InChI=1S/C8H14N2/c1-3-9-5-7(1)8-2-4-10-6-8/h1,6-10H,2-5H2. The summed E-state index contributed by atoms with van der Waals surface area (Å²) >= 11 is 0. The molecule has 2 nitrogen and oxygen atoms in total. The lowest BCUT2D eigenvalue weighted by molar-refractivity contribution is 0.464. The Morgan fingerprint density at radius 1 is 1.30 bits per heavy atom. The molecule has 10 heavy (non-hydrogen) atoms. The summed E-state index contributed by atoms with van der Waals surface area (Å²) in [6.45, 7) is 5.72. The quantitative estimate of drug-likeness (QED) is 0.540. The molecular weight excluding hydrogens is 124 g/mol. The second-order valence-corrected chi connectivity index (χ2v) is 3.13. The van der Waals surface area contributed by atoms with Crippen molar-refractivity contribution in [1.29, 1.82) is 0 Å². The maximum absolute atomic E-state index is 3.35. The number of hydrogen-bond acceptors (Lipinski definition) is 2. The average molecular weight is 138 g/mol. The predicted octanol–water partition coefficient (Wildman–Crippen LogP) is 0.181. The van der Waals surface area contributed by atoms with Crippen molar-refractivity contribution in [2.45, 2.75) is 6.42 Å². The van der Waals surface area contributed by atoms with Gasteiger partial charge in [0, 0.05) is 6.54 Å². The van der Waals surface area contributed by atoms with E-state index in [0.717, 1.165) is 18.4 Å². The first kappa shape index (κ1) is 6.62. The minimum atomic E-state index is 0.801. The molecule has 0 aliphatic carbocycles. The highest BCUT2D eigenvalue weighted by molar-refractivity contribution is 4.98. The summed E-state index contributed by atoms with van der Waals surface area (Å²) in [5, 5.41) is 6.62. The fraction of sp³-hybridized carbons (Fsp3) is 0.750. The third kappa shape index (κ3) is 1.18. The van der Waals surface area contributed by atoms with Crippen molar-refractivity contribution in [1.82, 2.24) is 10.6 Å². The molecule has 2 atom stereocenters. The monoisotopic (exact) mass is 138 g/mol. The van der Waals surface area contributed by atoms with Gasteiger partial charge < -0.3 is 10.6 Å². The van der Waals surface area contributed by atoms with Crippen molar-refractivity contribution in [3.05, 3.63) is 13.0 Å². The Hall–Kier alpha value is -0.0800. The van der Waals surface area contributed by atoms with Crippen molar-refractivity contribution in [3.63, 3.8) is 0 Å². The van der Waals surface area contributed by atoms with E-state index in [1.54, 1.807) is 0 Å². The summed E-state index contributed by atoms with van der Waals surface area (Å²) in [6.07, 6.45) is 3.72. The highest BCUT2D eigenvalue weighted by Gasteiger charge is 2.27. The van der Waals surface area contributed by atoms with Gasteiger partial charge in [0.1, 0.15) is 0 Å². The Morgan fingerprint density at radius 2 is 2.30 bits per heavy atom. The van der Waals surface area contributed by atoms with Crippen molar-refractivity contribution in [2.24, 2.45) is 11.8 Å². The minimum Gasteiger partial charge on any atom is -0.316 e. The molecule has 2 radical (unpaired) electrons. The van der Waals surface area contributed by atoms with Crippen molar-refractivity contribution in [2.75, 3.05) is 19.6 Å². The van der Waals surface area contributed by atoms with Crippen LogP contribution in [-0.2, 0) is 0 Å². The first-order valence-electron chi connectivity index (χ1n) is 4.07. The molecule has 2 N–H and O–H groups in total. The summed E-state index contributed by atoms with van der Waals surface area (Å²) in [5.74, 6) is 1.60. The molecule has 0 aromatic carbocycles. The van der Waals surface area contributed by atoms with Gasteiger partial charge in [-0.25, -0.2) is 0 Å². The van der Waals surface area contributed by atoms with Crippen molar-refractivity contribution < 1.29 is 0 Å². The fourth-order valence-electron chi connectivity index (χ4n) is 1.80. The second-order valence-electron chi connectivity index (χ2n) is 3.13. The lowest BCUT2D eigenvalue weighted by atomic mass is 9.91. The molecule has 2 fully saturated rings. The zero-order valence-electron chi connectivity index (χ0n) is 6.14. The lowest BCUT2D eigenvalue weighted by Gasteiger charge is -2.14. The van der Waals surface area contributed by atoms with Gasteiger partial charge in [0.05, 0.1) is 0 Å². The van der Waals surface area contributed by atoms with E-state index in [-0.39, 0.29) is 0 Å². The number of rotatable bonds is 1. The van der Waals surface area contributed by atoms with E-state index in [9.17, 15) is 0 Å². The average Bonchev–Trinajstić information content (AvgIpc) is 2.59. The fourth-order valence-corrected chi connectivity index (χ4v) is 1.80. The SMILES string of the molecule is [CH]1NCCC1C1[CH]CNC1. The highest BCUT2D eigenvalue weighted by atomic mass is 14.9. The summed E-state index contributed by atoms with van der Waals surface area (Å²) in [7, 11) is 0. The number of nitrogens with one attached hydrogen (secondary N) is 2. The van der Waals surface area contributed by atoms with E-state index in [1.807, 2.05) is 0 Å². The molecule has 2 heterocycles. The van der Waals surface area contributed by atoms with E-state index in [1.165, 1.54) is 19.5 Å². The molecule has 0 amide bonds. The van der Waals surface area contributed by atoms with Crippen LogP contribution in [0, 0.1) is 24.8 Å². The van der Waals surface area contributed by atoms with E-state index in [2.05, 4.69) is 23.6 Å². The minimum absolute atomic E-state index is 0.801. The maximum atomic E-state index is 3.35. The van der Waals surface area contributed by atoms with Crippen LogP contribution in [0.25, 0.3) is 0 Å². The molecule has 0 aromatic heterocycles. The molecular formula is C8H14N2. The van der Waals surface area contributed by atoms with Gasteiger partial charge in [-0.2, -0.15) is 0 Å². The van der Waals surface area contributed by atoms with Gasteiger partial charge in [0.15, 0.2) is 0 Å². The normalized spacial score (nSPS) is 40.8. The first-order valence-corrected chi connectivity index (χ1v) is 4.07. The zero-order valence-corrected chi connectivity index (χ0v) is 6.14. The van der Waals surface area contributed by atoms with Gasteiger partial charge >= 0.3 is 0 Å². The van der Waals surface area contributed by atoms with Gasteiger partial charge in [-0.15, -0.1) is 0 Å². The maximum Gasteiger partial charge on any atom is 0.0255 e. The van der Waals surface area contributed by atoms with Gasteiger partial charge in [0.25, 0.3) is 0 Å². The van der Waals surface area contributed by atoms with Gasteiger partial charge in [-0.3, -0.25) is 0 Å². The van der Waals surface area contributed by atoms with Crippen LogP contribution < -0.4 is 10.6 Å². The molecule has 2 rings (SSSR count). The molecule has 2 unspecified atom stereocenters. The van der Waals surface area contributed by atoms with Crippen molar-refractivity contribution >= 4 is 0 Å². The van der Waals surface area contributed by atoms with E-state index >= 15 is 0 Å². The largest absolute Gasteiger partial charge is 0.316 e. The Bertz CT molecular complexity index is 87.8. The highest BCUT2D eigenvalue weighted by Crippen LogP contribution is 2.25.